The third-order valence-electron chi connectivity index (χ3n) is 20.6. The van der Waals surface area contributed by atoms with Crippen LogP contribution in [0.3, 0.4) is 0 Å². The highest BCUT2D eigenvalue weighted by molar-refractivity contribution is 9.11. The lowest BCUT2D eigenvalue weighted by atomic mass is 10.1. The first kappa shape index (κ1) is 102. The number of aromatic nitrogens is 10. The molecule has 0 aliphatic carbocycles. The van der Waals surface area contributed by atoms with E-state index in [1.165, 1.54) is 41.1 Å². The van der Waals surface area contributed by atoms with E-state index in [2.05, 4.69) is 154 Å². The third kappa shape index (κ3) is 27.4. The summed E-state index contributed by atoms with van der Waals surface area (Å²) in [6.07, 6.45) is 1.88. The third-order valence-corrected chi connectivity index (χ3v) is 25.7. The van der Waals surface area contributed by atoms with E-state index in [-0.39, 0.29) is 62.6 Å². The van der Waals surface area contributed by atoms with Crippen LogP contribution in [0.4, 0.5) is 0 Å². The fourth-order valence-electron chi connectivity index (χ4n) is 14.0. The van der Waals surface area contributed by atoms with E-state index < -0.39 is 0 Å². The SMILES string of the molecule is CCN(CC)CCOC(=O)Cn1nc(C)c(Br)c1-c1ccc(-c2cccc(C)c2)o1.CCOC(=O)Cn1nc(C)c(Br)c1-c1ccc(-c2cccc(C)c2)o1.COC(=O)Cn1nc(C)c(Br)c1-c1ccc(-c2cccc(C)c2)o1.CSCOC(=O)Cn1nc(C)c(Br)c1-c1ccc(-c2cccc(C)c2)o1.Cc1cccc(-c2ccc(-c3c(Br)c(C)nn3CC(=O)OCCN(C)C)o2)c1. The second-order valence-electron chi connectivity index (χ2n) is 31.3. The monoisotopic (exact) mass is 2140 g/mol. The Morgan fingerprint density at radius 2 is 0.564 bits per heavy atom. The van der Waals surface area contributed by atoms with Gasteiger partial charge in [0.2, 0.25) is 0 Å². The van der Waals surface area contributed by atoms with Gasteiger partial charge in [0.05, 0.1) is 64.5 Å². The zero-order valence-corrected chi connectivity index (χ0v) is 86.0. The quantitative estimate of drug-likeness (QED) is 0.0221. The predicted molar refractivity (Wildman–Crippen MR) is 534 cm³/mol. The first-order valence-electron chi connectivity index (χ1n) is 42.8. The molecule has 0 N–H and O–H groups in total. The summed E-state index contributed by atoms with van der Waals surface area (Å²) in [6, 6.07) is 59.7. The Kier molecular flexibility index (Phi) is 37.2. The maximum absolute atomic E-state index is 12.4. The number of aryl methyl sites for hydroxylation is 10. The number of carbonyl (C=O) groups excluding carboxylic acids is 5. The first-order chi connectivity index (χ1) is 63.7. The van der Waals surface area contributed by atoms with Crippen molar-refractivity contribution in [2.45, 2.75) is 123 Å². The van der Waals surface area contributed by atoms with Crippen LogP contribution >= 0.6 is 91.4 Å². The average molecular weight is 2150 g/mol. The molecule has 15 rings (SSSR count). The standard InChI is InChI=1S/C23H28BrN3O3.C21H24BrN3O3.C19H19BrN2O3S.C19H19BrN2O3.C18H17BrN2O3/c1-5-26(6-2)12-13-29-21(28)15-27-23(22(24)17(4)25-27)20-11-10-19(30-20)18-9-7-8-16(3)14-18;1-14-6-5-7-16(12-14)17-8-9-18(28-17)21-20(22)15(2)23-25(21)13-19(26)27-11-10-24(3)4;1-12-5-4-6-14(9-12)15-7-8-16(25-15)19-18(20)13(2)21-22(19)10-17(23)24-11-26-3;1-4-24-17(23)11-22-19(18(20)13(3)21-22)16-9-8-15(25-16)14-7-5-6-12(2)10-14;1-11-5-4-6-13(9-11)14-7-8-15(24-14)18-17(19)12(2)20-21(18)10-16(22)23-3/h7-11,14H,5-6,12-13,15H2,1-4H3;5-9,12H,10-11,13H2,1-4H3;4-9H,10-11H2,1-3H3;5-10H,4,11H2,1-3H3;4-9H,10H2,1-3H3. The fourth-order valence-corrected chi connectivity index (χ4v) is 16.6. The summed E-state index contributed by atoms with van der Waals surface area (Å²) < 4.78 is 68.0. The van der Waals surface area contributed by atoms with Gasteiger partial charge in [0.1, 0.15) is 109 Å². The minimum atomic E-state index is -0.364. The van der Waals surface area contributed by atoms with Gasteiger partial charge in [-0.05, 0) is 280 Å². The minimum Gasteiger partial charge on any atom is -0.468 e. The van der Waals surface area contributed by atoms with Gasteiger partial charge in [0, 0.05) is 40.9 Å². The number of likely N-dealkylation sites (N-methyl/N-ethyl adjacent to an activating group) is 2. The Morgan fingerprint density at radius 3 is 0.789 bits per heavy atom. The number of halogens is 5. The van der Waals surface area contributed by atoms with Crippen LogP contribution in [0, 0.1) is 69.2 Å². The number of rotatable bonds is 31. The number of furan rings is 5. The molecule has 0 aliphatic heterocycles. The van der Waals surface area contributed by atoms with Crippen molar-refractivity contribution >= 4 is 121 Å². The maximum Gasteiger partial charge on any atom is 0.328 e. The van der Waals surface area contributed by atoms with Crippen molar-refractivity contribution in [1.29, 1.82) is 0 Å². The summed E-state index contributed by atoms with van der Waals surface area (Å²) in [4.78, 5) is 64.2. The first-order valence-corrected chi connectivity index (χ1v) is 48.2. The fraction of sp³-hybridized carbons (Fsp3) is 0.300. The molecule has 0 fully saturated rings. The molecule has 0 amide bonds. The van der Waals surface area contributed by atoms with Crippen molar-refractivity contribution in [3.8, 4) is 114 Å². The smallest absolute Gasteiger partial charge is 0.328 e. The van der Waals surface area contributed by atoms with Crippen LogP contribution in [0.5, 0.6) is 0 Å². The van der Waals surface area contributed by atoms with Crippen LogP contribution in [0.15, 0.2) is 226 Å². The summed E-state index contributed by atoms with van der Waals surface area (Å²) in [7, 11) is 5.22. The van der Waals surface area contributed by atoms with Gasteiger partial charge in [0.15, 0.2) is 28.8 Å². The Balaban J connectivity index is 0.000000160. The molecular weight excluding hydrogens is 2040 g/mol. The van der Waals surface area contributed by atoms with Crippen LogP contribution in [-0.4, -0.2) is 168 Å². The number of methoxy groups -OCH3 is 1. The van der Waals surface area contributed by atoms with Crippen LogP contribution < -0.4 is 0 Å². The molecule has 0 aliphatic rings. The van der Waals surface area contributed by atoms with Crippen molar-refractivity contribution < 1.29 is 69.7 Å². The molecule has 27 nitrogen and oxygen atoms in total. The topological polar surface area (TPSA) is 293 Å². The number of hydrogen-bond acceptors (Lipinski definition) is 23. The lowest BCUT2D eigenvalue weighted by Gasteiger charge is -2.17. The van der Waals surface area contributed by atoms with Gasteiger partial charge < -0.3 is 55.6 Å². The minimum absolute atomic E-state index is 0.0235. The van der Waals surface area contributed by atoms with E-state index in [1.807, 2.05) is 246 Å². The number of thioether (sulfide) groups is 1. The maximum atomic E-state index is 12.4. The van der Waals surface area contributed by atoms with Crippen LogP contribution in [0.2, 0.25) is 0 Å². The predicted octanol–water partition coefficient (Wildman–Crippen LogP) is 23.5. The van der Waals surface area contributed by atoms with Gasteiger partial charge in [-0.3, -0.25) is 24.0 Å². The van der Waals surface area contributed by atoms with Gasteiger partial charge in [-0.2, -0.15) is 25.5 Å². The summed E-state index contributed by atoms with van der Waals surface area (Å²) in [5, 5.41) is 22.2. The molecule has 0 saturated carbocycles. The number of carbonyl (C=O) groups is 5. The van der Waals surface area contributed by atoms with E-state index in [9.17, 15) is 24.0 Å². The summed E-state index contributed by atoms with van der Waals surface area (Å²) in [6.45, 7) is 30.1. The van der Waals surface area contributed by atoms with Gasteiger partial charge in [-0.1, -0.05) is 133 Å². The van der Waals surface area contributed by atoms with Crippen LogP contribution in [-0.2, 0) is 80.4 Å². The van der Waals surface area contributed by atoms with E-state index in [1.54, 1.807) is 30.3 Å². The molecule has 0 spiro atoms. The van der Waals surface area contributed by atoms with E-state index in [0.717, 1.165) is 161 Å². The van der Waals surface area contributed by atoms with Crippen molar-refractivity contribution in [3.63, 3.8) is 0 Å². The van der Waals surface area contributed by atoms with Crippen LogP contribution in [0.1, 0.15) is 77.1 Å². The molecule has 15 aromatic rings. The highest BCUT2D eigenvalue weighted by atomic mass is 79.9. The molecule has 0 saturated heterocycles. The molecule has 0 atom stereocenters. The van der Waals surface area contributed by atoms with Crippen molar-refractivity contribution in [3.05, 3.63) is 261 Å². The highest BCUT2D eigenvalue weighted by Gasteiger charge is 2.28. The largest absolute Gasteiger partial charge is 0.468 e. The molecule has 0 radical (unpaired) electrons. The Hall–Kier alpha value is -11.4. The van der Waals surface area contributed by atoms with E-state index in [0.29, 0.717) is 61.1 Å². The average Bonchev–Trinajstić information content (AvgIpc) is 1.66. The molecule has 0 bridgehead atoms. The lowest BCUT2D eigenvalue weighted by Crippen LogP contribution is -2.28. The van der Waals surface area contributed by atoms with Gasteiger partial charge in [0.25, 0.3) is 0 Å². The Labute approximate surface area is 819 Å². The zero-order valence-electron chi connectivity index (χ0n) is 77.3. The molecule has 698 valence electrons. The van der Waals surface area contributed by atoms with Gasteiger partial charge in [-0.25, -0.2) is 23.4 Å². The second-order valence-corrected chi connectivity index (χ2v) is 36.0. The molecule has 10 heterocycles. The zero-order chi connectivity index (χ0) is 95.9. The number of ether oxygens (including phenoxy) is 5. The molecular formula is C100H107Br5N12O15S. The second kappa shape index (κ2) is 48.5. The number of hydrogen-bond donors (Lipinski definition) is 0. The molecule has 133 heavy (non-hydrogen) atoms. The molecule has 10 aromatic heterocycles. The van der Waals surface area contributed by atoms with E-state index in [4.69, 9.17) is 45.8 Å². The van der Waals surface area contributed by atoms with Crippen molar-refractivity contribution in [1.82, 2.24) is 58.7 Å². The van der Waals surface area contributed by atoms with Crippen molar-refractivity contribution in [2.24, 2.45) is 0 Å². The van der Waals surface area contributed by atoms with Gasteiger partial charge in [-0.15, -0.1) is 11.8 Å². The normalized spacial score (nSPS) is 11.0. The molecule has 5 aromatic carbocycles. The van der Waals surface area contributed by atoms with E-state index >= 15 is 0 Å². The van der Waals surface area contributed by atoms with Crippen LogP contribution in [0.25, 0.3) is 114 Å². The Morgan fingerprint density at radius 1 is 0.331 bits per heavy atom. The summed E-state index contributed by atoms with van der Waals surface area (Å²) >= 11 is 19.3. The summed E-state index contributed by atoms with van der Waals surface area (Å²) in [5.41, 5.74) is 18.4. The Bertz CT molecular complexity index is 6510. The summed E-state index contributed by atoms with van der Waals surface area (Å²) in [5.74, 6) is 5.73. The molecule has 0 unspecified atom stereocenters. The number of nitrogens with zero attached hydrogens (tertiary/aromatic N) is 12. The highest BCUT2D eigenvalue weighted by Crippen LogP contribution is 2.42. The number of esters is 5. The molecule has 33 heteroatoms. The number of benzene rings is 5. The van der Waals surface area contributed by atoms with Gasteiger partial charge >= 0.3 is 29.8 Å². The van der Waals surface area contributed by atoms with Crippen molar-refractivity contribution in [2.75, 3.05) is 79.4 Å². The lowest BCUT2D eigenvalue weighted by molar-refractivity contribution is -0.145.